The molecule has 0 spiro atoms. The fraction of sp³-hybridized carbons (Fsp3) is 0.300. The van der Waals surface area contributed by atoms with E-state index < -0.39 is 0 Å². The standard InChI is InChI=1S/C10H9IO/c11-9-5-3-8(4-6-9)10(12)7-1-2-7/h3-7H,1-2H2. The molecule has 1 aliphatic carbocycles. The molecule has 0 unspecified atom stereocenters. The number of benzene rings is 1. The third kappa shape index (κ3) is 1.68. The first-order valence-electron chi connectivity index (χ1n) is 4.07. The molecule has 1 aromatic rings. The van der Waals surface area contributed by atoms with E-state index in [0.717, 1.165) is 18.4 Å². The van der Waals surface area contributed by atoms with E-state index in [9.17, 15) is 4.79 Å². The van der Waals surface area contributed by atoms with Crippen molar-refractivity contribution in [2.24, 2.45) is 5.92 Å². The summed E-state index contributed by atoms with van der Waals surface area (Å²) in [6, 6.07) is 7.80. The second-order valence-corrected chi connectivity index (χ2v) is 4.39. The highest BCUT2D eigenvalue weighted by Gasteiger charge is 2.30. The molecule has 0 amide bonds. The van der Waals surface area contributed by atoms with Crippen LogP contribution in [-0.2, 0) is 0 Å². The van der Waals surface area contributed by atoms with Gasteiger partial charge in [-0.1, -0.05) is 12.1 Å². The highest BCUT2D eigenvalue weighted by Crippen LogP contribution is 2.32. The second-order valence-electron chi connectivity index (χ2n) is 3.15. The molecule has 0 atom stereocenters. The number of hydrogen-bond donors (Lipinski definition) is 0. The molecule has 0 saturated heterocycles. The van der Waals surface area contributed by atoms with Crippen LogP contribution in [0.4, 0.5) is 0 Å². The van der Waals surface area contributed by atoms with Crippen LogP contribution in [0.1, 0.15) is 23.2 Å². The first-order chi connectivity index (χ1) is 5.77. The van der Waals surface area contributed by atoms with Crippen molar-refractivity contribution in [2.45, 2.75) is 12.8 Å². The van der Waals surface area contributed by atoms with Crippen LogP contribution in [0.5, 0.6) is 0 Å². The molecule has 1 aromatic carbocycles. The lowest BCUT2D eigenvalue weighted by atomic mass is 10.1. The van der Waals surface area contributed by atoms with Crippen LogP contribution in [0, 0.1) is 9.49 Å². The van der Waals surface area contributed by atoms with Crippen LogP contribution in [0.2, 0.25) is 0 Å². The van der Waals surface area contributed by atoms with Gasteiger partial charge >= 0.3 is 0 Å². The van der Waals surface area contributed by atoms with Gasteiger partial charge in [0.1, 0.15) is 0 Å². The van der Waals surface area contributed by atoms with Gasteiger partial charge in [0.25, 0.3) is 0 Å². The molecular formula is C10H9IO. The zero-order valence-corrected chi connectivity index (χ0v) is 8.74. The Hall–Kier alpha value is -0.380. The van der Waals surface area contributed by atoms with Crippen LogP contribution < -0.4 is 0 Å². The van der Waals surface area contributed by atoms with Crippen molar-refractivity contribution < 1.29 is 4.79 Å². The Labute approximate surface area is 85.3 Å². The van der Waals surface area contributed by atoms with Gasteiger partial charge in [-0.15, -0.1) is 0 Å². The number of hydrogen-bond acceptors (Lipinski definition) is 1. The normalized spacial score (nSPS) is 16.1. The lowest BCUT2D eigenvalue weighted by Gasteiger charge is -1.97. The van der Waals surface area contributed by atoms with Gasteiger partial charge in [0, 0.05) is 15.1 Å². The number of carbonyl (C=O) groups is 1. The number of ketones is 1. The lowest BCUT2D eigenvalue weighted by Crippen LogP contribution is -2.00. The van der Waals surface area contributed by atoms with E-state index in [2.05, 4.69) is 22.6 Å². The van der Waals surface area contributed by atoms with E-state index in [1.54, 1.807) is 0 Å². The van der Waals surface area contributed by atoms with Gasteiger partial charge in [-0.2, -0.15) is 0 Å². The second kappa shape index (κ2) is 3.17. The average Bonchev–Trinajstić information content (AvgIpc) is 2.87. The molecule has 0 aliphatic heterocycles. The van der Waals surface area contributed by atoms with Gasteiger partial charge < -0.3 is 0 Å². The predicted molar refractivity (Wildman–Crippen MR) is 56.2 cm³/mol. The minimum absolute atomic E-state index is 0.325. The summed E-state index contributed by atoms with van der Waals surface area (Å²) in [5, 5.41) is 0. The number of Topliss-reactive ketones (excluding diaryl/α,β-unsaturated/α-hetero) is 1. The van der Waals surface area contributed by atoms with Crippen LogP contribution in [0.15, 0.2) is 24.3 Å². The van der Waals surface area contributed by atoms with E-state index >= 15 is 0 Å². The summed E-state index contributed by atoms with van der Waals surface area (Å²) in [7, 11) is 0. The molecule has 1 aliphatic rings. The van der Waals surface area contributed by atoms with Crippen molar-refractivity contribution in [3.05, 3.63) is 33.4 Å². The smallest absolute Gasteiger partial charge is 0.165 e. The van der Waals surface area contributed by atoms with Crippen molar-refractivity contribution in [3.8, 4) is 0 Å². The minimum atomic E-state index is 0.325. The molecule has 2 heteroatoms. The monoisotopic (exact) mass is 272 g/mol. The van der Waals surface area contributed by atoms with E-state index in [1.807, 2.05) is 24.3 Å². The van der Waals surface area contributed by atoms with Crippen LogP contribution in [-0.4, -0.2) is 5.78 Å². The van der Waals surface area contributed by atoms with Crippen LogP contribution in [0.25, 0.3) is 0 Å². The first-order valence-corrected chi connectivity index (χ1v) is 5.15. The molecule has 1 nitrogen and oxygen atoms in total. The summed E-state index contributed by atoms with van der Waals surface area (Å²) in [6.45, 7) is 0. The van der Waals surface area contributed by atoms with E-state index in [0.29, 0.717) is 11.7 Å². The molecule has 12 heavy (non-hydrogen) atoms. The van der Waals surface area contributed by atoms with Crippen molar-refractivity contribution in [2.75, 3.05) is 0 Å². The maximum absolute atomic E-state index is 11.5. The van der Waals surface area contributed by atoms with Gasteiger partial charge in [0.2, 0.25) is 0 Å². The molecule has 0 aromatic heterocycles. The summed E-state index contributed by atoms with van der Waals surface area (Å²) >= 11 is 2.24. The average molecular weight is 272 g/mol. The SMILES string of the molecule is O=C(c1ccc(I)cc1)C1CC1. The Balaban J connectivity index is 2.22. The topological polar surface area (TPSA) is 17.1 Å². The van der Waals surface area contributed by atoms with Crippen LogP contribution >= 0.6 is 22.6 Å². The molecule has 1 fully saturated rings. The summed E-state index contributed by atoms with van der Waals surface area (Å²) in [5.74, 6) is 0.663. The van der Waals surface area contributed by atoms with Gasteiger partial charge in [-0.05, 0) is 47.6 Å². The molecule has 0 radical (unpaired) electrons. The highest BCUT2D eigenvalue weighted by molar-refractivity contribution is 14.1. The Kier molecular flexibility index (Phi) is 2.17. The Morgan fingerprint density at radius 1 is 1.25 bits per heavy atom. The molecule has 2 rings (SSSR count). The Morgan fingerprint density at radius 2 is 1.83 bits per heavy atom. The molecule has 0 heterocycles. The van der Waals surface area contributed by atoms with Gasteiger partial charge in [-0.3, -0.25) is 4.79 Å². The van der Waals surface area contributed by atoms with E-state index in [-0.39, 0.29) is 0 Å². The maximum atomic E-state index is 11.5. The predicted octanol–water partition coefficient (Wildman–Crippen LogP) is 2.88. The maximum Gasteiger partial charge on any atom is 0.165 e. The van der Waals surface area contributed by atoms with Crippen molar-refractivity contribution in [3.63, 3.8) is 0 Å². The number of halogens is 1. The van der Waals surface area contributed by atoms with Crippen LogP contribution in [0.3, 0.4) is 0 Å². The van der Waals surface area contributed by atoms with Gasteiger partial charge in [0.15, 0.2) is 5.78 Å². The molecular weight excluding hydrogens is 263 g/mol. The van der Waals surface area contributed by atoms with Gasteiger partial charge in [0.05, 0.1) is 0 Å². The summed E-state index contributed by atoms with van der Waals surface area (Å²) in [4.78, 5) is 11.5. The number of carbonyl (C=O) groups excluding carboxylic acids is 1. The summed E-state index contributed by atoms with van der Waals surface area (Å²) in [5.41, 5.74) is 0.873. The fourth-order valence-electron chi connectivity index (χ4n) is 1.20. The van der Waals surface area contributed by atoms with E-state index in [4.69, 9.17) is 0 Å². The Bertz CT molecular complexity index is 298. The summed E-state index contributed by atoms with van der Waals surface area (Å²) in [6.07, 6.45) is 2.18. The van der Waals surface area contributed by atoms with Crippen molar-refractivity contribution in [1.82, 2.24) is 0 Å². The third-order valence-electron chi connectivity index (χ3n) is 2.08. The van der Waals surface area contributed by atoms with E-state index in [1.165, 1.54) is 3.57 Å². The zero-order valence-electron chi connectivity index (χ0n) is 6.59. The first kappa shape index (κ1) is 8.23. The minimum Gasteiger partial charge on any atom is -0.294 e. The summed E-state index contributed by atoms with van der Waals surface area (Å²) < 4.78 is 1.18. The van der Waals surface area contributed by atoms with Crippen molar-refractivity contribution >= 4 is 28.4 Å². The largest absolute Gasteiger partial charge is 0.294 e. The number of rotatable bonds is 2. The molecule has 62 valence electrons. The van der Waals surface area contributed by atoms with Crippen molar-refractivity contribution in [1.29, 1.82) is 0 Å². The third-order valence-corrected chi connectivity index (χ3v) is 2.80. The quantitative estimate of drug-likeness (QED) is 0.597. The fourth-order valence-corrected chi connectivity index (χ4v) is 1.55. The zero-order chi connectivity index (χ0) is 8.55. The molecule has 0 N–H and O–H groups in total. The lowest BCUT2D eigenvalue weighted by molar-refractivity contribution is 0.0967. The van der Waals surface area contributed by atoms with Gasteiger partial charge in [-0.25, -0.2) is 0 Å². The molecule has 0 bridgehead atoms. The Morgan fingerprint density at radius 3 is 2.33 bits per heavy atom. The highest BCUT2D eigenvalue weighted by atomic mass is 127. The molecule has 1 saturated carbocycles.